The summed E-state index contributed by atoms with van der Waals surface area (Å²) in [5.41, 5.74) is 7.41. The smallest absolute Gasteiger partial charge is 0.154 e. The molecule has 0 fully saturated rings. The average molecular weight is 198 g/mol. The standard InChI is InChI=1S/C9H14N2OS/c1-2-3-8(10)9(12)4-7-5-11-6-13-7/h5-6,8H,2-4,10H2,1H3. The summed E-state index contributed by atoms with van der Waals surface area (Å²) in [6.07, 6.45) is 3.89. The molecule has 0 aliphatic carbocycles. The molecule has 2 N–H and O–H groups in total. The average Bonchev–Trinajstić information content (AvgIpc) is 2.57. The molecule has 0 saturated heterocycles. The molecule has 13 heavy (non-hydrogen) atoms. The Morgan fingerprint density at radius 3 is 3.08 bits per heavy atom. The van der Waals surface area contributed by atoms with E-state index < -0.39 is 0 Å². The summed E-state index contributed by atoms with van der Waals surface area (Å²) < 4.78 is 0. The molecule has 1 aromatic heterocycles. The summed E-state index contributed by atoms with van der Waals surface area (Å²) in [7, 11) is 0. The first-order valence-corrected chi connectivity index (χ1v) is 5.27. The van der Waals surface area contributed by atoms with Gasteiger partial charge in [0.1, 0.15) is 0 Å². The number of aromatic nitrogens is 1. The molecule has 3 nitrogen and oxygen atoms in total. The summed E-state index contributed by atoms with van der Waals surface area (Å²) >= 11 is 1.50. The molecule has 72 valence electrons. The molecular formula is C9H14N2OS. The molecule has 0 amide bonds. The molecule has 0 saturated carbocycles. The molecule has 0 spiro atoms. The first-order chi connectivity index (χ1) is 6.24. The number of nitrogens with two attached hydrogens (primary N) is 1. The quantitative estimate of drug-likeness (QED) is 0.777. The number of ketones is 1. The number of rotatable bonds is 5. The van der Waals surface area contributed by atoms with Crippen molar-refractivity contribution in [3.63, 3.8) is 0 Å². The number of Topliss-reactive ketones (excluding diaryl/α,β-unsaturated/α-hetero) is 1. The monoisotopic (exact) mass is 198 g/mol. The van der Waals surface area contributed by atoms with Crippen LogP contribution in [0.15, 0.2) is 11.7 Å². The number of carbonyl (C=O) groups excluding carboxylic acids is 1. The van der Waals surface area contributed by atoms with Crippen molar-refractivity contribution in [2.24, 2.45) is 5.73 Å². The van der Waals surface area contributed by atoms with Crippen LogP contribution in [0, 0.1) is 0 Å². The fourth-order valence-electron chi connectivity index (χ4n) is 1.10. The van der Waals surface area contributed by atoms with Crippen molar-refractivity contribution in [3.8, 4) is 0 Å². The number of hydrogen-bond acceptors (Lipinski definition) is 4. The van der Waals surface area contributed by atoms with Gasteiger partial charge in [0, 0.05) is 17.5 Å². The minimum absolute atomic E-state index is 0.117. The van der Waals surface area contributed by atoms with Gasteiger partial charge < -0.3 is 5.73 Å². The third-order valence-electron chi connectivity index (χ3n) is 1.85. The van der Waals surface area contributed by atoms with Gasteiger partial charge >= 0.3 is 0 Å². The Labute approximate surface area is 82.0 Å². The van der Waals surface area contributed by atoms with Crippen LogP contribution < -0.4 is 5.73 Å². The molecular weight excluding hydrogens is 184 g/mol. The van der Waals surface area contributed by atoms with Crippen molar-refractivity contribution < 1.29 is 4.79 Å². The van der Waals surface area contributed by atoms with E-state index in [1.54, 1.807) is 11.7 Å². The van der Waals surface area contributed by atoms with E-state index in [1.165, 1.54) is 11.3 Å². The third kappa shape index (κ3) is 3.24. The Morgan fingerprint density at radius 2 is 2.54 bits per heavy atom. The normalized spacial score (nSPS) is 12.8. The minimum Gasteiger partial charge on any atom is -0.321 e. The van der Waals surface area contributed by atoms with Gasteiger partial charge in [-0.25, -0.2) is 0 Å². The fraction of sp³-hybridized carbons (Fsp3) is 0.556. The van der Waals surface area contributed by atoms with Crippen LogP contribution in [-0.2, 0) is 11.2 Å². The van der Waals surface area contributed by atoms with Crippen LogP contribution in [0.5, 0.6) is 0 Å². The van der Waals surface area contributed by atoms with Crippen LogP contribution in [0.4, 0.5) is 0 Å². The predicted octanol–water partition coefficient (Wildman–Crippen LogP) is 1.38. The largest absolute Gasteiger partial charge is 0.321 e. The van der Waals surface area contributed by atoms with Gasteiger partial charge in [-0.05, 0) is 6.42 Å². The van der Waals surface area contributed by atoms with Crippen LogP contribution in [0.2, 0.25) is 0 Å². The Morgan fingerprint density at radius 1 is 1.77 bits per heavy atom. The number of hydrogen-bond donors (Lipinski definition) is 1. The molecule has 1 aromatic rings. The molecule has 0 radical (unpaired) electrons. The Kier molecular flexibility index (Phi) is 4.05. The highest BCUT2D eigenvalue weighted by Crippen LogP contribution is 2.08. The second kappa shape index (κ2) is 5.09. The fourth-order valence-corrected chi connectivity index (χ4v) is 1.71. The Balaban J connectivity index is 2.41. The lowest BCUT2D eigenvalue weighted by Crippen LogP contribution is -2.31. The van der Waals surface area contributed by atoms with Gasteiger partial charge in [0.15, 0.2) is 5.78 Å². The summed E-state index contributed by atoms with van der Waals surface area (Å²) in [6, 6.07) is -0.299. The lowest BCUT2D eigenvalue weighted by atomic mass is 10.1. The van der Waals surface area contributed by atoms with Crippen molar-refractivity contribution in [1.82, 2.24) is 4.98 Å². The van der Waals surface area contributed by atoms with E-state index in [1.807, 2.05) is 6.92 Å². The first-order valence-electron chi connectivity index (χ1n) is 4.39. The predicted molar refractivity (Wildman–Crippen MR) is 53.7 cm³/mol. The zero-order valence-electron chi connectivity index (χ0n) is 7.69. The molecule has 4 heteroatoms. The molecule has 0 aromatic carbocycles. The molecule has 1 heterocycles. The van der Waals surface area contributed by atoms with Gasteiger partial charge in [0.05, 0.1) is 11.6 Å². The van der Waals surface area contributed by atoms with Crippen molar-refractivity contribution >= 4 is 17.1 Å². The zero-order valence-corrected chi connectivity index (χ0v) is 8.51. The molecule has 1 rings (SSSR count). The van der Waals surface area contributed by atoms with Crippen LogP contribution in [0.25, 0.3) is 0 Å². The van der Waals surface area contributed by atoms with E-state index >= 15 is 0 Å². The van der Waals surface area contributed by atoms with Gasteiger partial charge in [-0.2, -0.15) is 0 Å². The molecule has 0 aliphatic heterocycles. The molecule has 1 atom stereocenters. The number of carbonyl (C=O) groups is 1. The summed E-state index contributed by atoms with van der Waals surface area (Å²) in [5.74, 6) is 0.117. The molecule has 0 aliphatic rings. The van der Waals surface area contributed by atoms with Gasteiger partial charge in [0.2, 0.25) is 0 Å². The van der Waals surface area contributed by atoms with Gasteiger partial charge in [-0.15, -0.1) is 11.3 Å². The first kappa shape index (κ1) is 10.3. The van der Waals surface area contributed by atoms with Gasteiger partial charge in [0.25, 0.3) is 0 Å². The molecule has 0 bridgehead atoms. The Bertz CT molecular complexity index is 259. The van der Waals surface area contributed by atoms with Crippen LogP contribution in [-0.4, -0.2) is 16.8 Å². The summed E-state index contributed by atoms with van der Waals surface area (Å²) in [6.45, 7) is 2.03. The van der Waals surface area contributed by atoms with Gasteiger partial charge in [-0.1, -0.05) is 13.3 Å². The summed E-state index contributed by atoms with van der Waals surface area (Å²) in [5, 5.41) is 0. The second-order valence-corrected chi connectivity index (χ2v) is 3.98. The van der Waals surface area contributed by atoms with Crippen molar-refractivity contribution in [1.29, 1.82) is 0 Å². The van der Waals surface area contributed by atoms with Crippen molar-refractivity contribution in [2.45, 2.75) is 32.2 Å². The van der Waals surface area contributed by atoms with E-state index in [4.69, 9.17) is 5.73 Å². The van der Waals surface area contributed by atoms with Crippen LogP contribution in [0.1, 0.15) is 24.6 Å². The van der Waals surface area contributed by atoms with E-state index in [0.29, 0.717) is 6.42 Å². The highest BCUT2D eigenvalue weighted by molar-refractivity contribution is 7.09. The van der Waals surface area contributed by atoms with E-state index in [2.05, 4.69) is 4.98 Å². The topological polar surface area (TPSA) is 56.0 Å². The van der Waals surface area contributed by atoms with E-state index in [0.717, 1.165) is 17.7 Å². The third-order valence-corrected chi connectivity index (χ3v) is 2.62. The highest BCUT2D eigenvalue weighted by atomic mass is 32.1. The maximum atomic E-state index is 11.5. The van der Waals surface area contributed by atoms with Crippen LogP contribution >= 0.6 is 11.3 Å². The molecule has 1 unspecified atom stereocenters. The van der Waals surface area contributed by atoms with Crippen LogP contribution in [0.3, 0.4) is 0 Å². The lowest BCUT2D eigenvalue weighted by molar-refractivity contribution is -0.119. The summed E-state index contributed by atoms with van der Waals surface area (Å²) in [4.78, 5) is 16.4. The van der Waals surface area contributed by atoms with E-state index in [9.17, 15) is 4.79 Å². The highest BCUT2D eigenvalue weighted by Gasteiger charge is 2.13. The zero-order chi connectivity index (χ0) is 9.68. The minimum atomic E-state index is -0.299. The lowest BCUT2D eigenvalue weighted by Gasteiger charge is -2.06. The maximum Gasteiger partial charge on any atom is 0.154 e. The van der Waals surface area contributed by atoms with Gasteiger partial charge in [-0.3, -0.25) is 9.78 Å². The number of nitrogens with zero attached hydrogens (tertiary/aromatic N) is 1. The second-order valence-electron chi connectivity index (χ2n) is 3.01. The van der Waals surface area contributed by atoms with E-state index in [-0.39, 0.29) is 11.8 Å². The maximum absolute atomic E-state index is 11.5. The number of thiazole rings is 1. The Hall–Kier alpha value is -0.740. The van der Waals surface area contributed by atoms with Crippen molar-refractivity contribution in [3.05, 3.63) is 16.6 Å². The SMILES string of the molecule is CCCC(N)C(=O)Cc1cncs1. The van der Waals surface area contributed by atoms with Crippen molar-refractivity contribution in [2.75, 3.05) is 0 Å².